The van der Waals surface area contributed by atoms with E-state index in [-0.39, 0.29) is 5.25 Å². The number of hydrogen-bond donors (Lipinski definition) is 1. The summed E-state index contributed by atoms with van der Waals surface area (Å²) in [5.41, 5.74) is 1.28. The summed E-state index contributed by atoms with van der Waals surface area (Å²) in [7, 11) is -0.732. The largest absolute Gasteiger partial charge is 0.354 e. The van der Waals surface area contributed by atoms with E-state index in [4.69, 9.17) is 0 Å². The minimum Gasteiger partial charge on any atom is -0.354 e. The van der Waals surface area contributed by atoms with E-state index in [1.54, 1.807) is 6.26 Å². The molecule has 4 heteroatoms. The van der Waals surface area contributed by atoms with Crippen LogP contribution in [0.5, 0.6) is 0 Å². The van der Waals surface area contributed by atoms with Gasteiger partial charge in [-0.3, -0.25) is 4.21 Å². The Morgan fingerprint density at radius 1 is 1.60 bits per heavy atom. The van der Waals surface area contributed by atoms with Gasteiger partial charge in [-0.15, -0.1) is 0 Å². The van der Waals surface area contributed by atoms with Gasteiger partial charge in [0.25, 0.3) is 0 Å². The number of hydrogen-bond acceptors (Lipinski definition) is 2. The Labute approximate surface area is 94.3 Å². The summed E-state index contributed by atoms with van der Waals surface area (Å²) in [6.07, 6.45) is 5.97. The second kappa shape index (κ2) is 6.08. The average Bonchev–Trinajstić information content (AvgIpc) is 2.65. The van der Waals surface area contributed by atoms with Gasteiger partial charge in [-0.1, -0.05) is 0 Å². The molecule has 2 atom stereocenters. The van der Waals surface area contributed by atoms with Gasteiger partial charge in [0.15, 0.2) is 0 Å². The van der Waals surface area contributed by atoms with Crippen LogP contribution in [0.2, 0.25) is 0 Å². The first-order chi connectivity index (χ1) is 7.13. The molecule has 0 aliphatic rings. The number of aromatic nitrogens is 1. The minimum atomic E-state index is -0.732. The molecule has 86 valence electrons. The summed E-state index contributed by atoms with van der Waals surface area (Å²) in [5, 5.41) is 3.53. The van der Waals surface area contributed by atoms with Crippen LogP contribution in [-0.2, 0) is 23.9 Å². The molecule has 3 nitrogen and oxygen atoms in total. The smallest absolute Gasteiger partial charge is 0.0441 e. The summed E-state index contributed by atoms with van der Waals surface area (Å²) >= 11 is 0. The average molecular weight is 228 g/mol. The van der Waals surface area contributed by atoms with Crippen LogP contribution in [0.3, 0.4) is 0 Å². The predicted molar refractivity (Wildman–Crippen MR) is 65.3 cm³/mol. The molecule has 1 rings (SSSR count). The maximum atomic E-state index is 11.1. The van der Waals surface area contributed by atoms with Crippen molar-refractivity contribution in [1.82, 2.24) is 9.88 Å². The van der Waals surface area contributed by atoms with Crippen LogP contribution < -0.4 is 5.32 Å². The van der Waals surface area contributed by atoms with Crippen LogP contribution in [-0.4, -0.2) is 26.8 Å². The molecule has 0 aliphatic heterocycles. The second-order valence-electron chi connectivity index (χ2n) is 3.79. The molecular weight excluding hydrogens is 208 g/mol. The Kier molecular flexibility index (Phi) is 5.05. The normalized spacial score (nSPS) is 15.1. The molecule has 0 fully saturated rings. The van der Waals surface area contributed by atoms with Gasteiger partial charge in [0, 0.05) is 54.3 Å². The van der Waals surface area contributed by atoms with E-state index in [1.807, 2.05) is 6.92 Å². The maximum Gasteiger partial charge on any atom is 0.0441 e. The van der Waals surface area contributed by atoms with E-state index in [1.165, 1.54) is 5.56 Å². The van der Waals surface area contributed by atoms with Gasteiger partial charge in [-0.25, -0.2) is 0 Å². The Balaban J connectivity index is 2.28. The number of rotatable bonds is 6. The van der Waals surface area contributed by atoms with Crippen molar-refractivity contribution in [1.29, 1.82) is 0 Å². The number of nitrogens with one attached hydrogen (secondary N) is 1. The van der Waals surface area contributed by atoms with Crippen molar-refractivity contribution >= 4 is 10.8 Å². The fourth-order valence-electron chi connectivity index (χ4n) is 1.33. The van der Waals surface area contributed by atoms with Crippen LogP contribution in [0.25, 0.3) is 0 Å². The first-order valence-corrected chi connectivity index (χ1v) is 6.93. The highest BCUT2D eigenvalue weighted by atomic mass is 32.2. The Bertz CT molecular complexity index is 322. The van der Waals surface area contributed by atoms with Gasteiger partial charge in [-0.05, 0) is 25.5 Å². The maximum absolute atomic E-state index is 11.1. The van der Waals surface area contributed by atoms with Gasteiger partial charge in [0.05, 0.1) is 0 Å². The first-order valence-electron chi connectivity index (χ1n) is 5.31. The molecule has 0 amide bonds. The molecule has 2 unspecified atom stereocenters. The van der Waals surface area contributed by atoms with Crippen LogP contribution >= 0.6 is 0 Å². The molecule has 1 heterocycles. The monoisotopic (exact) mass is 228 g/mol. The molecule has 1 N–H and O–H groups in total. The van der Waals surface area contributed by atoms with E-state index in [0.717, 1.165) is 19.6 Å². The molecule has 1 aromatic rings. The third kappa shape index (κ3) is 4.18. The number of nitrogens with zero attached hydrogens (tertiary/aromatic N) is 1. The van der Waals surface area contributed by atoms with E-state index >= 15 is 0 Å². The molecule has 0 aromatic carbocycles. The van der Waals surface area contributed by atoms with Crippen molar-refractivity contribution in [3.63, 3.8) is 0 Å². The van der Waals surface area contributed by atoms with Gasteiger partial charge >= 0.3 is 0 Å². The lowest BCUT2D eigenvalue weighted by atomic mass is 10.3. The van der Waals surface area contributed by atoms with Crippen molar-refractivity contribution in [2.45, 2.75) is 32.2 Å². The van der Waals surface area contributed by atoms with Crippen molar-refractivity contribution in [2.75, 3.05) is 12.8 Å². The fourth-order valence-corrected chi connectivity index (χ4v) is 1.68. The lowest BCUT2D eigenvalue weighted by Crippen LogP contribution is -2.27. The molecule has 0 bridgehead atoms. The van der Waals surface area contributed by atoms with Crippen LogP contribution in [0, 0.1) is 0 Å². The second-order valence-corrected chi connectivity index (χ2v) is 5.59. The number of aryl methyl sites for hydroxylation is 1. The highest BCUT2D eigenvalue weighted by Crippen LogP contribution is 2.00. The summed E-state index contributed by atoms with van der Waals surface area (Å²) in [5.74, 6) is 0. The fraction of sp³-hybridized carbons (Fsp3) is 0.636. The Morgan fingerprint density at radius 3 is 2.87 bits per heavy atom. The quantitative estimate of drug-likeness (QED) is 0.798. The first kappa shape index (κ1) is 12.5. The molecule has 0 saturated carbocycles. The van der Waals surface area contributed by atoms with Gasteiger partial charge in [0.2, 0.25) is 0 Å². The SMILES string of the molecule is CCn1ccc(CNCC(C)S(C)=O)c1. The zero-order valence-electron chi connectivity index (χ0n) is 9.69. The lowest BCUT2D eigenvalue weighted by molar-refractivity contribution is 0.646. The van der Waals surface area contributed by atoms with Gasteiger partial charge in [0.1, 0.15) is 0 Å². The third-order valence-corrected chi connectivity index (χ3v) is 3.80. The highest BCUT2D eigenvalue weighted by molar-refractivity contribution is 7.84. The van der Waals surface area contributed by atoms with Gasteiger partial charge in [-0.2, -0.15) is 0 Å². The molecule has 0 radical (unpaired) electrons. The highest BCUT2D eigenvalue weighted by Gasteiger charge is 2.04. The summed E-state index contributed by atoms with van der Waals surface area (Å²) in [6, 6.07) is 2.12. The minimum absolute atomic E-state index is 0.221. The van der Waals surface area contributed by atoms with Crippen LogP contribution in [0.4, 0.5) is 0 Å². The van der Waals surface area contributed by atoms with Crippen molar-refractivity contribution in [3.8, 4) is 0 Å². The van der Waals surface area contributed by atoms with Crippen LogP contribution in [0.1, 0.15) is 19.4 Å². The molecule has 0 aliphatic carbocycles. The summed E-state index contributed by atoms with van der Waals surface area (Å²) < 4.78 is 13.3. The molecular formula is C11H20N2OS. The van der Waals surface area contributed by atoms with E-state index in [0.29, 0.717) is 0 Å². The molecule has 15 heavy (non-hydrogen) atoms. The molecule has 0 saturated heterocycles. The molecule has 0 spiro atoms. The third-order valence-electron chi connectivity index (χ3n) is 2.50. The standard InChI is InChI=1S/C11H20N2OS/c1-4-13-6-5-11(9-13)8-12-7-10(2)15(3)14/h5-6,9-10,12H,4,7-8H2,1-3H3. The lowest BCUT2D eigenvalue weighted by Gasteiger charge is -2.08. The Morgan fingerprint density at radius 2 is 2.33 bits per heavy atom. The van der Waals surface area contributed by atoms with Crippen LogP contribution in [0.15, 0.2) is 18.5 Å². The predicted octanol–water partition coefficient (Wildman–Crippen LogP) is 1.36. The van der Waals surface area contributed by atoms with E-state index < -0.39 is 10.8 Å². The summed E-state index contributed by atoms with van der Waals surface area (Å²) in [4.78, 5) is 0. The Hall–Kier alpha value is -0.610. The van der Waals surface area contributed by atoms with Crippen molar-refractivity contribution in [3.05, 3.63) is 24.0 Å². The zero-order chi connectivity index (χ0) is 11.3. The van der Waals surface area contributed by atoms with Crippen molar-refractivity contribution < 1.29 is 4.21 Å². The summed E-state index contributed by atoms with van der Waals surface area (Å²) in [6.45, 7) is 6.80. The zero-order valence-corrected chi connectivity index (χ0v) is 10.5. The molecule has 1 aromatic heterocycles. The topological polar surface area (TPSA) is 34.0 Å². The van der Waals surface area contributed by atoms with E-state index in [2.05, 4.69) is 35.3 Å². The van der Waals surface area contributed by atoms with Crippen molar-refractivity contribution in [2.24, 2.45) is 0 Å². The van der Waals surface area contributed by atoms with E-state index in [9.17, 15) is 4.21 Å². The van der Waals surface area contributed by atoms with Gasteiger partial charge < -0.3 is 9.88 Å².